The summed E-state index contributed by atoms with van der Waals surface area (Å²) in [6.07, 6.45) is 0. The van der Waals surface area contributed by atoms with Gasteiger partial charge in [0.25, 0.3) is 0 Å². The molecule has 0 radical (unpaired) electrons. The largest absolute Gasteiger partial charge is 0.494 e. The zero-order valence-corrected chi connectivity index (χ0v) is 11.7. The highest BCUT2D eigenvalue weighted by atomic mass is 16.5. The minimum absolute atomic E-state index is 0.0855. The summed E-state index contributed by atoms with van der Waals surface area (Å²) in [5.41, 5.74) is -0.273. The summed E-state index contributed by atoms with van der Waals surface area (Å²) >= 11 is 0. The molecule has 2 aromatic rings. The first-order valence-electron chi connectivity index (χ1n) is 6.05. The van der Waals surface area contributed by atoms with Gasteiger partial charge in [0, 0.05) is 0 Å². The van der Waals surface area contributed by atoms with E-state index in [9.17, 15) is 9.59 Å². The van der Waals surface area contributed by atoms with Crippen molar-refractivity contribution in [2.24, 2.45) is 0 Å². The van der Waals surface area contributed by atoms with Crippen molar-refractivity contribution in [1.29, 1.82) is 0 Å². The predicted octanol–water partition coefficient (Wildman–Crippen LogP) is 1.56. The quantitative estimate of drug-likeness (QED) is 0.854. The molecule has 0 unspecified atom stereocenters. The van der Waals surface area contributed by atoms with Gasteiger partial charge in [-0.25, -0.2) is 19.6 Å². The molecule has 0 bridgehead atoms. The number of ether oxygens (including phenoxy) is 2. The van der Waals surface area contributed by atoms with Crippen LogP contribution in [0.3, 0.4) is 0 Å². The molecule has 2 rings (SSSR count). The van der Waals surface area contributed by atoms with Gasteiger partial charge in [-0.1, -0.05) is 0 Å². The van der Waals surface area contributed by atoms with E-state index in [0.29, 0.717) is 0 Å². The number of carboxylic acid groups (broad SMARTS) is 2. The first-order chi connectivity index (χ1) is 10.5. The summed E-state index contributed by atoms with van der Waals surface area (Å²) in [6.45, 7) is 0. The van der Waals surface area contributed by atoms with Crippen LogP contribution >= 0.6 is 0 Å². The maximum absolute atomic E-state index is 11.1. The van der Waals surface area contributed by atoms with E-state index >= 15 is 0 Å². The van der Waals surface area contributed by atoms with E-state index < -0.39 is 11.9 Å². The lowest BCUT2D eigenvalue weighted by Crippen LogP contribution is -2.06. The van der Waals surface area contributed by atoms with Crippen molar-refractivity contribution in [3.8, 4) is 22.9 Å². The second-order valence-corrected chi connectivity index (χ2v) is 4.11. The Morgan fingerprint density at radius 1 is 0.818 bits per heavy atom. The number of aromatic nitrogens is 2. The van der Waals surface area contributed by atoms with Crippen LogP contribution in [0, 0.1) is 0 Å². The Kier molecular flexibility index (Phi) is 4.21. The lowest BCUT2D eigenvalue weighted by atomic mass is 10.1. The highest BCUT2D eigenvalue weighted by Crippen LogP contribution is 2.33. The molecule has 0 aromatic carbocycles. The molecule has 2 heterocycles. The van der Waals surface area contributed by atoms with Crippen LogP contribution in [0.2, 0.25) is 0 Å². The number of nitrogens with zero attached hydrogens (tertiary/aromatic N) is 2. The van der Waals surface area contributed by atoms with Crippen LogP contribution in [0.15, 0.2) is 24.3 Å². The molecule has 0 saturated heterocycles. The van der Waals surface area contributed by atoms with Crippen molar-refractivity contribution in [3.05, 3.63) is 35.7 Å². The van der Waals surface area contributed by atoms with Gasteiger partial charge in [0.15, 0.2) is 0 Å². The van der Waals surface area contributed by atoms with E-state index in [1.54, 1.807) is 0 Å². The number of carbonyl (C=O) groups is 2. The topological polar surface area (TPSA) is 119 Å². The fourth-order valence-corrected chi connectivity index (χ4v) is 1.80. The Morgan fingerprint density at radius 2 is 1.18 bits per heavy atom. The molecule has 0 aliphatic carbocycles. The second kappa shape index (κ2) is 6.08. The number of hydrogen-bond donors (Lipinski definition) is 2. The average Bonchev–Trinajstić information content (AvgIpc) is 2.53. The van der Waals surface area contributed by atoms with Crippen molar-refractivity contribution in [2.75, 3.05) is 14.2 Å². The number of rotatable bonds is 5. The Bertz CT molecular complexity index is 681. The Morgan fingerprint density at radius 3 is 1.45 bits per heavy atom. The average molecular weight is 304 g/mol. The third kappa shape index (κ3) is 2.80. The van der Waals surface area contributed by atoms with Crippen LogP contribution in [-0.2, 0) is 0 Å². The van der Waals surface area contributed by atoms with Crippen molar-refractivity contribution in [3.63, 3.8) is 0 Å². The van der Waals surface area contributed by atoms with Gasteiger partial charge in [0.2, 0.25) is 0 Å². The summed E-state index contributed by atoms with van der Waals surface area (Å²) < 4.78 is 10.3. The molecule has 0 saturated carbocycles. The van der Waals surface area contributed by atoms with E-state index in [1.165, 1.54) is 38.5 Å². The number of methoxy groups -OCH3 is 2. The lowest BCUT2D eigenvalue weighted by Gasteiger charge is -2.11. The summed E-state index contributed by atoms with van der Waals surface area (Å²) in [5, 5.41) is 18.1. The van der Waals surface area contributed by atoms with E-state index in [-0.39, 0.29) is 34.3 Å². The maximum Gasteiger partial charge on any atom is 0.354 e. The minimum atomic E-state index is -1.22. The van der Waals surface area contributed by atoms with Gasteiger partial charge in [-0.3, -0.25) is 0 Å². The molecule has 0 fully saturated rings. The van der Waals surface area contributed by atoms with Crippen LogP contribution in [0.1, 0.15) is 21.0 Å². The van der Waals surface area contributed by atoms with Gasteiger partial charge < -0.3 is 19.7 Å². The third-order valence-electron chi connectivity index (χ3n) is 2.82. The van der Waals surface area contributed by atoms with Crippen LogP contribution in [0.25, 0.3) is 11.4 Å². The van der Waals surface area contributed by atoms with Gasteiger partial charge in [0.05, 0.1) is 14.2 Å². The molecule has 8 nitrogen and oxygen atoms in total. The molecule has 8 heteroatoms. The van der Waals surface area contributed by atoms with Crippen LogP contribution in [0.4, 0.5) is 0 Å². The summed E-state index contributed by atoms with van der Waals surface area (Å²) in [7, 11) is 2.77. The smallest absolute Gasteiger partial charge is 0.354 e. The van der Waals surface area contributed by atoms with Gasteiger partial charge in [0.1, 0.15) is 34.3 Å². The first kappa shape index (κ1) is 15.2. The number of aromatic carboxylic acids is 2. The molecule has 0 spiro atoms. The molecule has 22 heavy (non-hydrogen) atoms. The lowest BCUT2D eigenvalue weighted by molar-refractivity contribution is 0.0679. The van der Waals surface area contributed by atoms with Crippen LogP contribution in [0.5, 0.6) is 11.5 Å². The monoisotopic (exact) mass is 304 g/mol. The molecule has 0 aliphatic heterocycles. The minimum Gasteiger partial charge on any atom is -0.494 e. The number of carboxylic acids is 2. The summed E-state index contributed by atoms with van der Waals surface area (Å²) in [4.78, 5) is 30.1. The molecule has 2 aromatic heterocycles. The Balaban J connectivity index is 2.72. The number of pyridine rings is 2. The van der Waals surface area contributed by atoms with E-state index in [0.717, 1.165) is 0 Å². The van der Waals surface area contributed by atoms with Crippen molar-refractivity contribution < 1.29 is 29.3 Å². The zero-order valence-electron chi connectivity index (χ0n) is 11.7. The normalized spacial score (nSPS) is 10.1. The standard InChI is InChI=1S/C14H12N2O6/c1-21-9-5-3-7(13(17)18)15-11(9)12-10(22-2)6-4-8(16-12)14(19)20/h3-6H,1-2H3,(H,17,18)(H,19,20). The SMILES string of the molecule is COc1ccc(C(=O)O)nc1-c1nc(C(=O)O)ccc1OC. The van der Waals surface area contributed by atoms with Crippen molar-refractivity contribution >= 4 is 11.9 Å². The summed E-state index contributed by atoms with van der Waals surface area (Å²) in [5.74, 6) is -1.95. The van der Waals surface area contributed by atoms with Gasteiger partial charge in [-0.05, 0) is 24.3 Å². The maximum atomic E-state index is 11.1. The fourth-order valence-electron chi connectivity index (χ4n) is 1.80. The van der Waals surface area contributed by atoms with Crippen LogP contribution in [-0.4, -0.2) is 46.3 Å². The van der Waals surface area contributed by atoms with Gasteiger partial charge in [-0.2, -0.15) is 0 Å². The zero-order chi connectivity index (χ0) is 16.3. The molecular formula is C14H12N2O6. The molecule has 114 valence electrons. The molecule has 0 aliphatic rings. The van der Waals surface area contributed by atoms with Crippen LogP contribution < -0.4 is 9.47 Å². The van der Waals surface area contributed by atoms with E-state index in [2.05, 4.69) is 9.97 Å². The molecular weight excluding hydrogens is 292 g/mol. The van der Waals surface area contributed by atoms with E-state index in [4.69, 9.17) is 19.7 Å². The second-order valence-electron chi connectivity index (χ2n) is 4.11. The summed E-state index contributed by atoms with van der Waals surface area (Å²) in [6, 6.07) is 5.39. The van der Waals surface area contributed by atoms with Crippen molar-refractivity contribution in [1.82, 2.24) is 9.97 Å². The Hall–Kier alpha value is -3.16. The highest BCUT2D eigenvalue weighted by Gasteiger charge is 2.19. The first-order valence-corrected chi connectivity index (χ1v) is 6.05. The predicted molar refractivity (Wildman–Crippen MR) is 74.5 cm³/mol. The van der Waals surface area contributed by atoms with E-state index in [1.807, 2.05) is 0 Å². The molecule has 2 N–H and O–H groups in total. The number of hydrogen-bond acceptors (Lipinski definition) is 6. The fraction of sp³-hybridized carbons (Fsp3) is 0.143. The molecule has 0 amide bonds. The molecule has 0 atom stereocenters. The third-order valence-corrected chi connectivity index (χ3v) is 2.82. The van der Waals surface area contributed by atoms with Gasteiger partial charge in [-0.15, -0.1) is 0 Å². The van der Waals surface area contributed by atoms with Gasteiger partial charge >= 0.3 is 11.9 Å². The highest BCUT2D eigenvalue weighted by molar-refractivity contribution is 5.88. The van der Waals surface area contributed by atoms with Crippen molar-refractivity contribution in [2.45, 2.75) is 0 Å². The Labute approximate surface area is 125 Å².